The van der Waals surface area contributed by atoms with E-state index >= 15 is 0 Å². The number of rotatable bonds is 4. The van der Waals surface area contributed by atoms with Gasteiger partial charge in [-0.25, -0.2) is 9.37 Å². The van der Waals surface area contributed by atoms with Gasteiger partial charge in [0, 0.05) is 11.8 Å². The normalized spacial score (nSPS) is 30.9. The van der Waals surface area contributed by atoms with E-state index in [1.807, 2.05) is 0 Å². The third kappa shape index (κ3) is 1.79. The predicted octanol–water partition coefficient (Wildman–Crippen LogP) is 2.70. The smallest absolute Gasteiger partial charge is 0.250 e. The lowest BCUT2D eigenvalue weighted by atomic mass is 10.00. The van der Waals surface area contributed by atoms with Gasteiger partial charge in [0.05, 0.1) is 12.7 Å². The SMILES string of the molecule is CCOc1nccc(C(O)C2C3CCCC32)c1F. The number of hydrogen-bond donors (Lipinski definition) is 1. The molecule has 3 rings (SSSR count). The molecule has 2 saturated carbocycles. The van der Waals surface area contributed by atoms with Crippen molar-refractivity contribution in [3.8, 4) is 5.88 Å². The van der Waals surface area contributed by atoms with Crippen LogP contribution in [0.3, 0.4) is 0 Å². The third-order valence-electron chi connectivity index (χ3n) is 4.32. The Kier molecular flexibility index (Phi) is 2.98. The second-order valence-corrected chi connectivity index (χ2v) is 5.23. The summed E-state index contributed by atoms with van der Waals surface area (Å²) < 4.78 is 19.3. The third-order valence-corrected chi connectivity index (χ3v) is 4.32. The number of aliphatic hydroxyl groups excluding tert-OH is 1. The fourth-order valence-corrected chi connectivity index (χ4v) is 3.46. The summed E-state index contributed by atoms with van der Waals surface area (Å²) in [7, 11) is 0. The van der Waals surface area contributed by atoms with Crippen molar-refractivity contribution in [3.63, 3.8) is 0 Å². The number of ether oxygens (including phenoxy) is 1. The minimum atomic E-state index is -0.706. The molecule has 18 heavy (non-hydrogen) atoms. The number of aromatic nitrogens is 1. The minimum absolute atomic E-state index is 0.000130. The average molecular weight is 251 g/mol. The zero-order valence-electron chi connectivity index (χ0n) is 10.5. The highest BCUT2D eigenvalue weighted by molar-refractivity contribution is 5.28. The fraction of sp³-hybridized carbons (Fsp3) is 0.643. The second-order valence-electron chi connectivity index (χ2n) is 5.23. The highest BCUT2D eigenvalue weighted by Gasteiger charge is 2.56. The molecule has 2 fully saturated rings. The first-order chi connectivity index (χ1) is 8.74. The summed E-state index contributed by atoms with van der Waals surface area (Å²) in [6.07, 6.45) is 4.41. The lowest BCUT2D eigenvalue weighted by molar-refractivity contribution is 0.131. The topological polar surface area (TPSA) is 42.4 Å². The average Bonchev–Trinajstić information content (AvgIpc) is 2.84. The van der Waals surface area contributed by atoms with Crippen molar-refractivity contribution in [2.45, 2.75) is 32.3 Å². The Morgan fingerprint density at radius 1 is 1.50 bits per heavy atom. The van der Waals surface area contributed by atoms with Gasteiger partial charge < -0.3 is 9.84 Å². The number of pyridine rings is 1. The highest BCUT2D eigenvalue weighted by atomic mass is 19.1. The molecule has 98 valence electrons. The van der Waals surface area contributed by atoms with Gasteiger partial charge in [-0.05, 0) is 43.6 Å². The van der Waals surface area contributed by atoms with Crippen molar-refractivity contribution in [2.24, 2.45) is 17.8 Å². The largest absolute Gasteiger partial charge is 0.476 e. The molecule has 0 aliphatic heterocycles. The molecule has 3 nitrogen and oxygen atoms in total. The highest BCUT2D eigenvalue weighted by Crippen LogP contribution is 2.62. The molecule has 1 aromatic rings. The number of aliphatic hydroxyl groups is 1. The van der Waals surface area contributed by atoms with Gasteiger partial charge in [0.15, 0.2) is 5.82 Å². The molecule has 3 unspecified atom stereocenters. The maximum Gasteiger partial charge on any atom is 0.250 e. The lowest BCUT2D eigenvalue weighted by Gasteiger charge is -2.15. The molecule has 0 radical (unpaired) electrons. The van der Waals surface area contributed by atoms with Crippen molar-refractivity contribution in [2.75, 3.05) is 6.61 Å². The molecular formula is C14H18FNO2. The molecule has 1 heterocycles. The van der Waals surface area contributed by atoms with E-state index in [2.05, 4.69) is 4.98 Å². The van der Waals surface area contributed by atoms with E-state index in [4.69, 9.17) is 4.74 Å². The number of nitrogens with zero attached hydrogens (tertiary/aromatic N) is 1. The zero-order valence-corrected chi connectivity index (χ0v) is 10.5. The van der Waals surface area contributed by atoms with Crippen molar-refractivity contribution in [1.82, 2.24) is 4.98 Å². The molecule has 2 aliphatic carbocycles. The van der Waals surface area contributed by atoms with Crippen LogP contribution in [-0.2, 0) is 0 Å². The van der Waals surface area contributed by atoms with Crippen LogP contribution in [0.15, 0.2) is 12.3 Å². The van der Waals surface area contributed by atoms with E-state index in [1.54, 1.807) is 13.0 Å². The molecule has 1 N–H and O–H groups in total. The lowest BCUT2D eigenvalue weighted by Crippen LogP contribution is -2.09. The van der Waals surface area contributed by atoms with Crippen molar-refractivity contribution in [3.05, 3.63) is 23.6 Å². The summed E-state index contributed by atoms with van der Waals surface area (Å²) in [5, 5.41) is 10.3. The maximum absolute atomic E-state index is 14.1. The monoisotopic (exact) mass is 251 g/mol. The Morgan fingerprint density at radius 2 is 2.22 bits per heavy atom. The summed E-state index contributed by atoms with van der Waals surface area (Å²) in [6.45, 7) is 2.16. The molecule has 1 aromatic heterocycles. The van der Waals surface area contributed by atoms with Crippen LogP contribution in [0.1, 0.15) is 37.9 Å². The molecule has 4 heteroatoms. The zero-order chi connectivity index (χ0) is 12.7. The van der Waals surface area contributed by atoms with E-state index in [0.29, 0.717) is 24.0 Å². The quantitative estimate of drug-likeness (QED) is 0.894. The van der Waals surface area contributed by atoms with Crippen LogP contribution < -0.4 is 4.74 Å². The van der Waals surface area contributed by atoms with Crippen LogP contribution in [0, 0.1) is 23.6 Å². The van der Waals surface area contributed by atoms with Crippen molar-refractivity contribution >= 4 is 0 Å². The van der Waals surface area contributed by atoms with Crippen LogP contribution in [0.25, 0.3) is 0 Å². The van der Waals surface area contributed by atoms with Gasteiger partial charge in [-0.1, -0.05) is 6.42 Å². The van der Waals surface area contributed by atoms with Crippen molar-refractivity contribution in [1.29, 1.82) is 0 Å². The van der Waals surface area contributed by atoms with Crippen LogP contribution in [-0.4, -0.2) is 16.7 Å². The van der Waals surface area contributed by atoms with Gasteiger partial charge in [-0.3, -0.25) is 0 Å². The number of halogens is 1. The molecule has 0 spiro atoms. The van der Waals surface area contributed by atoms with Crippen LogP contribution in [0.4, 0.5) is 4.39 Å². The maximum atomic E-state index is 14.1. The molecule has 3 atom stereocenters. The summed E-state index contributed by atoms with van der Waals surface area (Å²) in [5.74, 6) is 0.938. The molecule has 0 amide bonds. The van der Waals surface area contributed by atoms with Crippen LogP contribution in [0.2, 0.25) is 0 Å². The number of fused-ring (bicyclic) bond motifs is 1. The standard InChI is InChI=1S/C14H18FNO2/c1-2-18-14-12(15)10(6-7-16-14)13(17)11-8-4-3-5-9(8)11/h6-9,11,13,17H,2-5H2,1H3. The van der Waals surface area contributed by atoms with Gasteiger partial charge in [0.1, 0.15) is 0 Å². The van der Waals surface area contributed by atoms with Crippen LogP contribution >= 0.6 is 0 Å². The van der Waals surface area contributed by atoms with E-state index < -0.39 is 11.9 Å². The number of hydrogen-bond acceptors (Lipinski definition) is 3. The Hall–Kier alpha value is -1.16. The van der Waals surface area contributed by atoms with Gasteiger partial charge in [-0.15, -0.1) is 0 Å². The van der Waals surface area contributed by atoms with Gasteiger partial charge in [0.2, 0.25) is 0 Å². The second kappa shape index (κ2) is 4.50. The first kappa shape index (κ1) is 11.9. The fourth-order valence-electron chi connectivity index (χ4n) is 3.46. The molecule has 0 aromatic carbocycles. The van der Waals surface area contributed by atoms with E-state index in [9.17, 15) is 9.50 Å². The summed E-state index contributed by atoms with van der Waals surface area (Å²) in [5.41, 5.74) is 0.341. The Balaban J connectivity index is 1.81. The Bertz CT molecular complexity index is 441. The van der Waals surface area contributed by atoms with E-state index in [0.717, 1.165) is 0 Å². The minimum Gasteiger partial charge on any atom is -0.476 e. The Labute approximate surface area is 106 Å². The Morgan fingerprint density at radius 3 is 2.89 bits per heavy atom. The molecule has 2 aliphatic rings. The summed E-state index contributed by atoms with van der Waals surface area (Å²) in [4.78, 5) is 3.85. The van der Waals surface area contributed by atoms with Gasteiger partial charge in [-0.2, -0.15) is 0 Å². The van der Waals surface area contributed by atoms with Gasteiger partial charge >= 0.3 is 0 Å². The predicted molar refractivity (Wildman–Crippen MR) is 64.6 cm³/mol. The molecular weight excluding hydrogens is 233 g/mol. The summed E-state index contributed by atoms with van der Waals surface area (Å²) in [6, 6.07) is 1.57. The van der Waals surface area contributed by atoms with E-state index in [1.165, 1.54) is 25.5 Å². The first-order valence-corrected chi connectivity index (χ1v) is 6.69. The molecule has 0 bridgehead atoms. The van der Waals surface area contributed by atoms with Gasteiger partial charge in [0.25, 0.3) is 5.88 Å². The van der Waals surface area contributed by atoms with E-state index in [-0.39, 0.29) is 11.8 Å². The first-order valence-electron chi connectivity index (χ1n) is 6.69. The molecule has 0 saturated heterocycles. The van der Waals surface area contributed by atoms with Crippen LogP contribution in [0.5, 0.6) is 5.88 Å². The van der Waals surface area contributed by atoms with Crippen molar-refractivity contribution < 1.29 is 14.2 Å². The summed E-state index contributed by atoms with van der Waals surface area (Å²) >= 11 is 0.